The smallest absolute Gasteiger partial charge is 0.240 e. The van der Waals surface area contributed by atoms with Crippen LogP contribution in [0.2, 0.25) is 0 Å². The van der Waals surface area contributed by atoms with E-state index in [-0.39, 0.29) is 10.9 Å². The molecule has 3 aromatic rings. The molecular weight excluding hydrogens is 374 g/mol. The Balaban J connectivity index is 1.43. The number of nitrogens with zero attached hydrogens (tertiary/aromatic N) is 1. The molecule has 7 heteroatoms. The van der Waals surface area contributed by atoms with Gasteiger partial charge in [-0.2, -0.15) is 0 Å². The van der Waals surface area contributed by atoms with Crippen LogP contribution in [0.15, 0.2) is 47.5 Å². The first-order chi connectivity index (χ1) is 13.5. The van der Waals surface area contributed by atoms with Crippen LogP contribution >= 0.6 is 0 Å². The van der Waals surface area contributed by atoms with E-state index in [2.05, 4.69) is 20.8 Å². The summed E-state index contributed by atoms with van der Waals surface area (Å²) in [6.07, 6.45) is 5.60. The molecular formula is C21H23N3O3S. The third-order valence-corrected chi connectivity index (χ3v) is 7.31. The maximum Gasteiger partial charge on any atom is 0.240 e. The predicted octanol–water partition coefficient (Wildman–Crippen LogP) is 3.30. The number of aromatic nitrogens is 2. The fourth-order valence-electron chi connectivity index (χ4n) is 4.08. The SMILES string of the molecule is O=S(=O)(NC1CCC(O)C1)c1ccc(-c2ccnc3[nH]c(C4CC4)cc23)cc1. The summed E-state index contributed by atoms with van der Waals surface area (Å²) >= 11 is 0. The number of pyridine rings is 1. The lowest BCUT2D eigenvalue weighted by molar-refractivity contribution is 0.181. The number of sulfonamides is 1. The van der Waals surface area contributed by atoms with E-state index in [1.165, 1.54) is 18.5 Å². The summed E-state index contributed by atoms with van der Waals surface area (Å²) in [6, 6.07) is 10.9. The number of aliphatic hydroxyl groups excluding tert-OH is 1. The number of fused-ring (bicyclic) bond motifs is 1. The van der Waals surface area contributed by atoms with Crippen molar-refractivity contribution in [2.24, 2.45) is 0 Å². The highest BCUT2D eigenvalue weighted by atomic mass is 32.2. The van der Waals surface area contributed by atoms with Gasteiger partial charge in [-0.15, -0.1) is 0 Å². The summed E-state index contributed by atoms with van der Waals surface area (Å²) in [5.41, 5.74) is 4.11. The molecule has 5 rings (SSSR count). The van der Waals surface area contributed by atoms with Crippen molar-refractivity contribution < 1.29 is 13.5 Å². The normalized spacial score (nSPS) is 22.8. The summed E-state index contributed by atoms with van der Waals surface area (Å²) in [7, 11) is -3.59. The van der Waals surface area contributed by atoms with Crippen LogP contribution in [-0.4, -0.2) is 35.6 Å². The molecule has 146 valence electrons. The number of hydrogen-bond acceptors (Lipinski definition) is 4. The van der Waals surface area contributed by atoms with Crippen molar-refractivity contribution in [3.8, 4) is 11.1 Å². The van der Waals surface area contributed by atoms with Crippen molar-refractivity contribution in [1.29, 1.82) is 0 Å². The first-order valence-corrected chi connectivity index (χ1v) is 11.3. The first-order valence-electron chi connectivity index (χ1n) is 9.78. The van der Waals surface area contributed by atoms with E-state index in [1.807, 2.05) is 18.2 Å². The second-order valence-corrected chi connectivity index (χ2v) is 9.64. The van der Waals surface area contributed by atoms with Gasteiger partial charge in [-0.25, -0.2) is 18.1 Å². The molecule has 0 bridgehead atoms. The van der Waals surface area contributed by atoms with Crippen LogP contribution in [0.5, 0.6) is 0 Å². The van der Waals surface area contributed by atoms with Crippen molar-refractivity contribution >= 4 is 21.1 Å². The monoisotopic (exact) mass is 397 g/mol. The number of nitrogens with one attached hydrogen (secondary N) is 2. The van der Waals surface area contributed by atoms with Gasteiger partial charge in [0.2, 0.25) is 10.0 Å². The lowest BCUT2D eigenvalue weighted by Gasteiger charge is -2.13. The molecule has 6 nitrogen and oxygen atoms in total. The van der Waals surface area contributed by atoms with Gasteiger partial charge in [-0.05, 0) is 73.4 Å². The molecule has 28 heavy (non-hydrogen) atoms. The molecule has 0 radical (unpaired) electrons. The van der Waals surface area contributed by atoms with Gasteiger partial charge in [0.25, 0.3) is 0 Å². The number of aliphatic hydroxyl groups is 1. The van der Waals surface area contributed by atoms with E-state index in [0.717, 1.165) is 22.2 Å². The summed E-state index contributed by atoms with van der Waals surface area (Å²) in [5, 5.41) is 10.7. The summed E-state index contributed by atoms with van der Waals surface area (Å²) < 4.78 is 28.0. The lowest BCUT2D eigenvalue weighted by Crippen LogP contribution is -2.33. The maximum atomic E-state index is 12.6. The van der Waals surface area contributed by atoms with Crippen LogP contribution in [0.4, 0.5) is 0 Å². The predicted molar refractivity (Wildman–Crippen MR) is 107 cm³/mol. The fourth-order valence-corrected chi connectivity index (χ4v) is 5.36. The van der Waals surface area contributed by atoms with Gasteiger partial charge in [0.15, 0.2) is 0 Å². The Labute approximate surface area is 164 Å². The van der Waals surface area contributed by atoms with Gasteiger partial charge < -0.3 is 10.1 Å². The van der Waals surface area contributed by atoms with Crippen LogP contribution in [0.1, 0.15) is 43.7 Å². The number of hydrogen-bond donors (Lipinski definition) is 3. The van der Waals surface area contributed by atoms with Gasteiger partial charge in [-0.1, -0.05) is 12.1 Å². The fraction of sp³-hybridized carbons (Fsp3) is 0.381. The van der Waals surface area contributed by atoms with E-state index in [4.69, 9.17) is 0 Å². The van der Waals surface area contributed by atoms with Gasteiger partial charge in [-0.3, -0.25) is 0 Å². The zero-order valence-corrected chi connectivity index (χ0v) is 16.2. The van der Waals surface area contributed by atoms with Crippen molar-refractivity contribution in [1.82, 2.24) is 14.7 Å². The molecule has 0 spiro atoms. The largest absolute Gasteiger partial charge is 0.393 e. The van der Waals surface area contributed by atoms with Crippen LogP contribution in [0.3, 0.4) is 0 Å². The second kappa shape index (κ2) is 6.69. The molecule has 2 aliphatic rings. The molecule has 1 aromatic carbocycles. The number of benzene rings is 1. The van der Waals surface area contributed by atoms with Crippen LogP contribution in [0, 0.1) is 0 Å². The Morgan fingerprint density at radius 2 is 1.86 bits per heavy atom. The van der Waals surface area contributed by atoms with Crippen LogP contribution in [0.25, 0.3) is 22.2 Å². The third-order valence-electron chi connectivity index (χ3n) is 5.77. The van der Waals surface area contributed by atoms with E-state index < -0.39 is 16.1 Å². The van der Waals surface area contributed by atoms with Crippen molar-refractivity contribution in [2.45, 2.75) is 55.1 Å². The standard InChI is InChI=1S/C21H23N3O3S/c25-16-6-5-15(11-16)24-28(26,27)17-7-3-13(4-8-17)18-9-10-22-21-19(18)12-20(23-21)14-1-2-14/h3-4,7-10,12,14-16,24-25H,1-2,5-6,11H2,(H,22,23). The highest BCUT2D eigenvalue weighted by molar-refractivity contribution is 7.89. The number of rotatable bonds is 5. The van der Waals surface area contributed by atoms with E-state index in [1.54, 1.807) is 18.3 Å². The van der Waals surface area contributed by atoms with Crippen LogP contribution in [-0.2, 0) is 10.0 Å². The van der Waals surface area contributed by atoms with Gasteiger partial charge >= 0.3 is 0 Å². The Hall–Kier alpha value is -2.22. The minimum absolute atomic E-state index is 0.194. The molecule has 2 aliphatic carbocycles. The number of H-pyrrole nitrogens is 1. The van der Waals surface area contributed by atoms with Crippen molar-refractivity contribution in [2.75, 3.05) is 0 Å². The maximum absolute atomic E-state index is 12.6. The molecule has 0 saturated heterocycles. The first kappa shape index (κ1) is 17.8. The average Bonchev–Trinajstić information content (AvgIpc) is 3.32. The second-order valence-electron chi connectivity index (χ2n) is 7.93. The van der Waals surface area contributed by atoms with Gasteiger partial charge in [0.05, 0.1) is 11.0 Å². The van der Waals surface area contributed by atoms with E-state index in [0.29, 0.717) is 25.2 Å². The summed E-state index contributed by atoms with van der Waals surface area (Å²) in [4.78, 5) is 8.09. The van der Waals surface area contributed by atoms with Gasteiger partial charge in [0.1, 0.15) is 5.65 Å². The average molecular weight is 398 g/mol. The highest BCUT2D eigenvalue weighted by Crippen LogP contribution is 2.41. The Morgan fingerprint density at radius 3 is 2.54 bits per heavy atom. The molecule has 2 aromatic heterocycles. The number of aromatic amines is 1. The molecule has 2 fully saturated rings. The molecule has 2 heterocycles. The molecule has 2 atom stereocenters. The third kappa shape index (κ3) is 3.34. The topological polar surface area (TPSA) is 95.1 Å². The zero-order valence-electron chi connectivity index (χ0n) is 15.4. The Morgan fingerprint density at radius 1 is 1.07 bits per heavy atom. The Kier molecular flexibility index (Phi) is 4.26. The van der Waals surface area contributed by atoms with Crippen LogP contribution < -0.4 is 4.72 Å². The zero-order chi connectivity index (χ0) is 19.3. The molecule has 2 saturated carbocycles. The van der Waals surface area contributed by atoms with E-state index in [9.17, 15) is 13.5 Å². The van der Waals surface area contributed by atoms with Gasteiger partial charge in [0, 0.05) is 23.3 Å². The van der Waals surface area contributed by atoms with Crippen molar-refractivity contribution in [3.63, 3.8) is 0 Å². The summed E-state index contributed by atoms with van der Waals surface area (Å²) in [5.74, 6) is 0.620. The van der Waals surface area contributed by atoms with Crippen molar-refractivity contribution in [3.05, 3.63) is 48.3 Å². The lowest BCUT2D eigenvalue weighted by atomic mass is 10.0. The Bertz CT molecular complexity index is 1120. The quantitative estimate of drug-likeness (QED) is 0.616. The molecule has 0 aliphatic heterocycles. The minimum Gasteiger partial charge on any atom is -0.393 e. The minimum atomic E-state index is -3.59. The van der Waals surface area contributed by atoms with E-state index >= 15 is 0 Å². The molecule has 3 N–H and O–H groups in total. The highest BCUT2D eigenvalue weighted by Gasteiger charge is 2.28. The summed E-state index contributed by atoms with van der Waals surface area (Å²) in [6.45, 7) is 0. The molecule has 0 amide bonds. The molecule has 2 unspecified atom stereocenters.